The van der Waals surface area contributed by atoms with E-state index in [1.54, 1.807) is 5.57 Å². The average Bonchev–Trinajstić information content (AvgIpc) is 2.42. The Kier molecular flexibility index (Phi) is 11.2. The van der Waals surface area contributed by atoms with Crippen molar-refractivity contribution in [1.82, 2.24) is 0 Å². The zero-order chi connectivity index (χ0) is 17.1. The highest BCUT2D eigenvalue weighted by molar-refractivity contribution is 5.18. The molecule has 0 aliphatic rings. The van der Waals surface area contributed by atoms with E-state index in [9.17, 15) is 0 Å². The molecule has 22 heavy (non-hydrogen) atoms. The number of hydrogen-bond donors (Lipinski definition) is 0. The molecule has 0 heterocycles. The second-order valence-corrected chi connectivity index (χ2v) is 8.38. The molecule has 0 atom stereocenters. The quantitative estimate of drug-likeness (QED) is 0.251. The molecule has 0 unspecified atom stereocenters. The van der Waals surface area contributed by atoms with Gasteiger partial charge in [-0.3, -0.25) is 0 Å². The first-order valence-electron chi connectivity index (χ1n) is 10.1. The van der Waals surface area contributed by atoms with Crippen LogP contribution in [0.5, 0.6) is 0 Å². The highest BCUT2D eigenvalue weighted by Gasteiger charge is 2.32. The summed E-state index contributed by atoms with van der Waals surface area (Å²) in [5.41, 5.74) is 2.57. The van der Waals surface area contributed by atoms with E-state index in [-0.39, 0.29) is 0 Å². The lowest BCUT2D eigenvalue weighted by molar-refractivity contribution is 0.248. The Hall–Kier alpha value is -0.260. The van der Waals surface area contributed by atoms with Gasteiger partial charge in [-0.05, 0) is 36.5 Å². The van der Waals surface area contributed by atoms with Gasteiger partial charge in [-0.25, -0.2) is 0 Å². The normalized spacial score (nSPS) is 13.7. The highest BCUT2D eigenvalue weighted by Crippen LogP contribution is 2.46. The minimum Gasteiger partial charge on any atom is -0.0794 e. The summed E-state index contributed by atoms with van der Waals surface area (Å²) in [5.74, 6) is 0. The Morgan fingerprint density at radius 1 is 0.682 bits per heavy atom. The molecule has 0 amide bonds. The summed E-state index contributed by atoms with van der Waals surface area (Å²) in [6, 6.07) is 0. The van der Waals surface area contributed by atoms with E-state index in [1.807, 2.05) is 0 Å². The molecule has 132 valence electrons. The Morgan fingerprint density at radius 2 is 1.27 bits per heavy atom. The predicted octanol–water partition coefficient (Wildman–Crippen LogP) is 8.32. The smallest absolute Gasteiger partial charge is 0.00881 e. The molecule has 0 fully saturated rings. The van der Waals surface area contributed by atoms with Crippen LogP contribution in [0.3, 0.4) is 0 Å². The van der Waals surface area contributed by atoms with Crippen LogP contribution in [-0.2, 0) is 0 Å². The second-order valence-electron chi connectivity index (χ2n) is 8.38. The van der Waals surface area contributed by atoms with Crippen LogP contribution in [0.15, 0.2) is 11.6 Å². The van der Waals surface area contributed by atoms with Crippen molar-refractivity contribution in [2.24, 2.45) is 10.8 Å². The van der Waals surface area contributed by atoms with Gasteiger partial charge in [0.25, 0.3) is 0 Å². The fraction of sp³-hybridized carbons (Fsp3) is 0.909. The zero-order valence-electron chi connectivity index (χ0n) is 16.9. The molecular formula is C22H44. The maximum absolute atomic E-state index is 2.63. The topological polar surface area (TPSA) is 0 Å². The van der Waals surface area contributed by atoms with E-state index < -0.39 is 0 Å². The van der Waals surface area contributed by atoms with E-state index in [1.165, 1.54) is 70.6 Å². The van der Waals surface area contributed by atoms with E-state index in [0.717, 1.165) is 0 Å². The lowest BCUT2D eigenvalue weighted by Gasteiger charge is -2.38. The molecule has 0 heteroatoms. The number of hydrogen-bond acceptors (Lipinski definition) is 0. The first kappa shape index (κ1) is 21.7. The van der Waals surface area contributed by atoms with E-state index in [0.29, 0.717) is 10.8 Å². The summed E-state index contributed by atoms with van der Waals surface area (Å²) in [5, 5.41) is 0. The van der Waals surface area contributed by atoms with Gasteiger partial charge in [0.2, 0.25) is 0 Å². The fourth-order valence-corrected chi connectivity index (χ4v) is 3.99. The van der Waals surface area contributed by atoms with Gasteiger partial charge in [-0.1, -0.05) is 105 Å². The monoisotopic (exact) mass is 308 g/mol. The van der Waals surface area contributed by atoms with Crippen molar-refractivity contribution >= 4 is 0 Å². The maximum atomic E-state index is 2.63. The molecule has 0 aromatic carbocycles. The summed E-state index contributed by atoms with van der Waals surface area (Å²) in [6.07, 6.45) is 17.6. The second kappa shape index (κ2) is 11.3. The molecule has 0 aromatic heterocycles. The van der Waals surface area contributed by atoms with Crippen molar-refractivity contribution in [2.75, 3.05) is 0 Å². The fourth-order valence-electron chi connectivity index (χ4n) is 3.99. The zero-order valence-corrected chi connectivity index (χ0v) is 16.9. The minimum absolute atomic E-state index is 0.306. The van der Waals surface area contributed by atoms with E-state index in [4.69, 9.17) is 0 Å². The van der Waals surface area contributed by atoms with Gasteiger partial charge in [0.05, 0.1) is 0 Å². The Bertz CT molecular complexity index is 284. The van der Waals surface area contributed by atoms with Gasteiger partial charge in [0, 0.05) is 0 Å². The molecular weight excluding hydrogens is 264 g/mol. The standard InChI is InChI=1S/C22H44/c1-8-12-13-14-18-22(16-10-3,17-11-4)20(15-9-2)19-21(5,6)7/h19H,8-18H2,1-7H3/b20-19+. The summed E-state index contributed by atoms with van der Waals surface area (Å²) in [4.78, 5) is 0. The van der Waals surface area contributed by atoms with Crippen LogP contribution < -0.4 is 0 Å². The lowest BCUT2D eigenvalue weighted by atomic mass is 9.67. The average molecular weight is 309 g/mol. The van der Waals surface area contributed by atoms with E-state index >= 15 is 0 Å². The summed E-state index contributed by atoms with van der Waals surface area (Å²) in [7, 11) is 0. The number of allylic oxidation sites excluding steroid dienone is 2. The molecule has 0 saturated heterocycles. The van der Waals surface area contributed by atoms with Crippen molar-refractivity contribution in [3.8, 4) is 0 Å². The minimum atomic E-state index is 0.306. The van der Waals surface area contributed by atoms with Gasteiger partial charge >= 0.3 is 0 Å². The van der Waals surface area contributed by atoms with Gasteiger partial charge < -0.3 is 0 Å². The predicted molar refractivity (Wildman–Crippen MR) is 103 cm³/mol. The largest absolute Gasteiger partial charge is 0.0794 e. The SMILES string of the molecule is CCCCCCC(CCC)(CCC)/C(=C/C(C)(C)C)CCC. The summed E-state index contributed by atoms with van der Waals surface area (Å²) >= 11 is 0. The molecule has 0 spiro atoms. The van der Waals surface area contributed by atoms with Crippen LogP contribution in [0.2, 0.25) is 0 Å². The Balaban J connectivity index is 5.38. The van der Waals surface area contributed by atoms with Crippen molar-refractivity contribution < 1.29 is 0 Å². The van der Waals surface area contributed by atoms with Crippen molar-refractivity contribution in [3.63, 3.8) is 0 Å². The number of rotatable bonds is 12. The van der Waals surface area contributed by atoms with Crippen molar-refractivity contribution in [2.45, 2.75) is 119 Å². The third kappa shape index (κ3) is 8.39. The van der Waals surface area contributed by atoms with Crippen LogP contribution >= 0.6 is 0 Å². The molecule has 0 bridgehead atoms. The first-order chi connectivity index (χ1) is 10.3. The molecule has 0 N–H and O–H groups in total. The van der Waals surface area contributed by atoms with Gasteiger partial charge in [-0.2, -0.15) is 0 Å². The van der Waals surface area contributed by atoms with Crippen LogP contribution in [0, 0.1) is 10.8 Å². The summed E-state index contributed by atoms with van der Waals surface area (Å²) < 4.78 is 0. The van der Waals surface area contributed by atoms with Crippen LogP contribution in [-0.4, -0.2) is 0 Å². The molecule has 0 aromatic rings. The molecule has 0 nitrogen and oxygen atoms in total. The van der Waals surface area contributed by atoms with Gasteiger partial charge in [-0.15, -0.1) is 0 Å². The Labute approximate surface area is 142 Å². The van der Waals surface area contributed by atoms with Crippen LogP contribution in [0.4, 0.5) is 0 Å². The molecule has 0 saturated carbocycles. The van der Waals surface area contributed by atoms with Gasteiger partial charge in [0.1, 0.15) is 0 Å². The third-order valence-electron chi connectivity index (χ3n) is 4.77. The molecule has 0 aliphatic heterocycles. The van der Waals surface area contributed by atoms with Crippen LogP contribution in [0.25, 0.3) is 0 Å². The lowest BCUT2D eigenvalue weighted by Crippen LogP contribution is -2.25. The number of unbranched alkanes of at least 4 members (excludes halogenated alkanes) is 3. The highest BCUT2D eigenvalue weighted by atomic mass is 14.4. The third-order valence-corrected chi connectivity index (χ3v) is 4.77. The molecule has 0 aliphatic carbocycles. The maximum Gasteiger partial charge on any atom is -0.00881 e. The first-order valence-corrected chi connectivity index (χ1v) is 10.1. The van der Waals surface area contributed by atoms with Crippen LogP contribution in [0.1, 0.15) is 119 Å². The Morgan fingerprint density at radius 3 is 1.68 bits per heavy atom. The summed E-state index contributed by atoms with van der Waals surface area (Å²) in [6.45, 7) is 16.5. The molecule has 0 rings (SSSR count). The van der Waals surface area contributed by atoms with E-state index in [2.05, 4.69) is 54.5 Å². The van der Waals surface area contributed by atoms with Gasteiger partial charge in [0.15, 0.2) is 0 Å². The molecule has 0 radical (unpaired) electrons. The van der Waals surface area contributed by atoms with Crippen molar-refractivity contribution in [1.29, 1.82) is 0 Å². The van der Waals surface area contributed by atoms with Crippen molar-refractivity contribution in [3.05, 3.63) is 11.6 Å².